The Morgan fingerprint density at radius 3 is 2.87 bits per heavy atom. The van der Waals surface area contributed by atoms with Gasteiger partial charge in [0, 0.05) is 21.0 Å². The minimum absolute atomic E-state index is 0.695. The van der Waals surface area contributed by atoms with Crippen LogP contribution in [0.5, 0.6) is 0 Å². The van der Waals surface area contributed by atoms with E-state index in [-0.39, 0.29) is 0 Å². The fourth-order valence-corrected chi connectivity index (χ4v) is 3.35. The lowest BCUT2D eigenvalue weighted by molar-refractivity contribution is 1.11. The molecule has 80 valence electrons. The smallest absolute Gasteiger partial charge is 0.0366 e. The number of nitrogen functional groups attached to an aromatic ring is 1. The van der Waals surface area contributed by atoms with Crippen LogP contribution in [0.4, 0.5) is 5.69 Å². The molecule has 0 aliphatic carbocycles. The van der Waals surface area contributed by atoms with Crippen LogP contribution in [0.15, 0.2) is 24.3 Å². The molecule has 0 atom stereocenters. The number of thiophene rings is 1. The van der Waals surface area contributed by atoms with E-state index in [1.165, 1.54) is 15.0 Å². The van der Waals surface area contributed by atoms with Gasteiger partial charge in [-0.2, -0.15) is 11.8 Å². The van der Waals surface area contributed by atoms with E-state index in [2.05, 4.69) is 32.0 Å². The molecule has 0 aliphatic rings. The van der Waals surface area contributed by atoms with Gasteiger partial charge < -0.3 is 5.73 Å². The van der Waals surface area contributed by atoms with Gasteiger partial charge in [-0.15, -0.1) is 11.3 Å². The molecule has 2 N–H and O–H groups in total. The normalized spacial score (nSPS) is 11.4. The summed E-state index contributed by atoms with van der Waals surface area (Å²) < 4.78 is 1.30. The molecule has 1 aromatic heterocycles. The molecule has 1 nitrogen and oxygen atoms in total. The number of benzene rings is 1. The SMILES string of the molecule is CC(C)SCc1cc2ccc(N)cc2s1. The van der Waals surface area contributed by atoms with Crippen molar-refractivity contribution in [2.45, 2.75) is 24.9 Å². The summed E-state index contributed by atoms with van der Waals surface area (Å²) in [6.45, 7) is 4.46. The average Bonchev–Trinajstić information content (AvgIpc) is 2.56. The molecule has 15 heavy (non-hydrogen) atoms. The Morgan fingerprint density at radius 2 is 2.13 bits per heavy atom. The van der Waals surface area contributed by atoms with E-state index >= 15 is 0 Å². The van der Waals surface area contributed by atoms with Crippen molar-refractivity contribution in [2.75, 3.05) is 5.73 Å². The van der Waals surface area contributed by atoms with Crippen molar-refractivity contribution in [3.8, 4) is 0 Å². The van der Waals surface area contributed by atoms with E-state index in [0.29, 0.717) is 5.25 Å². The highest BCUT2D eigenvalue weighted by Gasteiger charge is 2.03. The van der Waals surface area contributed by atoms with E-state index < -0.39 is 0 Å². The highest BCUT2D eigenvalue weighted by molar-refractivity contribution is 7.99. The molecule has 0 bridgehead atoms. The van der Waals surface area contributed by atoms with Crippen molar-refractivity contribution in [3.63, 3.8) is 0 Å². The predicted octanol–water partition coefficient (Wildman–Crippen LogP) is 4.13. The molecule has 0 amide bonds. The maximum atomic E-state index is 5.76. The van der Waals surface area contributed by atoms with Gasteiger partial charge in [-0.1, -0.05) is 19.9 Å². The second-order valence-electron chi connectivity index (χ2n) is 3.87. The summed E-state index contributed by atoms with van der Waals surface area (Å²) in [7, 11) is 0. The van der Waals surface area contributed by atoms with Gasteiger partial charge in [0.15, 0.2) is 0 Å². The van der Waals surface area contributed by atoms with Gasteiger partial charge in [-0.3, -0.25) is 0 Å². The minimum Gasteiger partial charge on any atom is -0.399 e. The first-order valence-corrected chi connectivity index (χ1v) is 6.91. The van der Waals surface area contributed by atoms with Crippen LogP contribution in [0.1, 0.15) is 18.7 Å². The van der Waals surface area contributed by atoms with E-state index in [0.717, 1.165) is 11.4 Å². The molecule has 0 aliphatic heterocycles. The highest BCUT2D eigenvalue weighted by Crippen LogP contribution is 2.30. The summed E-state index contributed by atoms with van der Waals surface area (Å²) in [5.74, 6) is 1.11. The molecule has 0 radical (unpaired) electrons. The van der Waals surface area contributed by atoms with Crippen LogP contribution in [0.2, 0.25) is 0 Å². The molecule has 1 heterocycles. The van der Waals surface area contributed by atoms with Gasteiger partial charge in [0.2, 0.25) is 0 Å². The molecule has 0 spiro atoms. The third kappa shape index (κ3) is 2.67. The zero-order valence-corrected chi connectivity index (χ0v) is 10.6. The molecule has 0 saturated heterocycles. The van der Waals surface area contributed by atoms with Crippen LogP contribution in [-0.4, -0.2) is 5.25 Å². The minimum atomic E-state index is 0.695. The third-order valence-corrected chi connectivity index (χ3v) is 4.58. The summed E-state index contributed by atoms with van der Waals surface area (Å²) in [5, 5.41) is 2.01. The van der Waals surface area contributed by atoms with E-state index in [4.69, 9.17) is 5.73 Å². The first kappa shape index (κ1) is 10.8. The van der Waals surface area contributed by atoms with Gasteiger partial charge in [0.05, 0.1) is 0 Å². The standard InChI is InChI=1S/C12H15NS2/c1-8(2)14-7-11-5-9-3-4-10(13)6-12(9)15-11/h3-6,8H,7,13H2,1-2H3. The van der Waals surface area contributed by atoms with Crippen LogP contribution < -0.4 is 5.73 Å². The van der Waals surface area contributed by atoms with Crippen LogP contribution in [0.3, 0.4) is 0 Å². The molecule has 2 rings (SSSR count). The first-order valence-electron chi connectivity index (χ1n) is 5.04. The lowest BCUT2D eigenvalue weighted by Crippen LogP contribution is -1.85. The van der Waals surface area contributed by atoms with Gasteiger partial charge in [0.25, 0.3) is 0 Å². The molecular weight excluding hydrogens is 222 g/mol. The Hall–Kier alpha value is -0.670. The summed E-state index contributed by atoms with van der Waals surface area (Å²) >= 11 is 3.84. The summed E-state index contributed by atoms with van der Waals surface area (Å²) in [6.07, 6.45) is 0. The fraction of sp³-hybridized carbons (Fsp3) is 0.333. The van der Waals surface area contributed by atoms with E-state index in [1.807, 2.05) is 29.2 Å². The van der Waals surface area contributed by atoms with E-state index in [9.17, 15) is 0 Å². The topological polar surface area (TPSA) is 26.0 Å². The highest BCUT2D eigenvalue weighted by atomic mass is 32.2. The second kappa shape index (κ2) is 4.45. The molecule has 1 aromatic carbocycles. The summed E-state index contributed by atoms with van der Waals surface area (Å²) in [5.41, 5.74) is 6.61. The zero-order chi connectivity index (χ0) is 10.8. The number of anilines is 1. The van der Waals surface area contributed by atoms with Crippen LogP contribution >= 0.6 is 23.1 Å². The molecule has 0 fully saturated rings. The maximum Gasteiger partial charge on any atom is 0.0366 e. The van der Waals surface area contributed by atoms with Crippen molar-refractivity contribution in [3.05, 3.63) is 29.1 Å². The van der Waals surface area contributed by atoms with Gasteiger partial charge in [-0.05, 0) is 28.8 Å². The molecular formula is C12H15NS2. The Kier molecular flexibility index (Phi) is 3.22. The first-order chi connectivity index (χ1) is 7.15. The van der Waals surface area contributed by atoms with Gasteiger partial charge >= 0.3 is 0 Å². The number of hydrogen-bond acceptors (Lipinski definition) is 3. The summed E-state index contributed by atoms with van der Waals surface area (Å²) in [4.78, 5) is 1.44. The summed E-state index contributed by atoms with van der Waals surface area (Å²) in [6, 6.07) is 8.40. The third-order valence-electron chi connectivity index (χ3n) is 2.15. The van der Waals surface area contributed by atoms with Crippen molar-refractivity contribution in [1.82, 2.24) is 0 Å². The van der Waals surface area contributed by atoms with Crippen molar-refractivity contribution in [2.24, 2.45) is 0 Å². The number of thioether (sulfide) groups is 1. The molecule has 0 unspecified atom stereocenters. The number of fused-ring (bicyclic) bond motifs is 1. The molecule has 3 heteroatoms. The number of rotatable bonds is 3. The largest absolute Gasteiger partial charge is 0.399 e. The van der Waals surface area contributed by atoms with Crippen molar-refractivity contribution < 1.29 is 0 Å². The van der Waals surface area contributed by atoms with Crippen LogP contribution in [0, 0.1) is 0 Å². The predicted molar refractivity (Wildman–Crippen MR) is 72.7 cm³/mol. The van der Waals surface area contributed by atoms with Crippen LogP contribution in [0.25, 0.3) is 10.1 Å². The quantitative estimate of drug-likeness (QED) is 0.812. The molecule has 0 saturated carbocycles. The van der Waals surface area contributed by atoms with Gasteiger partial charge in [0.1, 0.15) is 0 Å². The number of nitrogens with two attached hydrogens (primary N) is 1. The Bertz CT molecular complexity index is 460. The zero-order valence-electron chi connectivity index (χ0n) is 8.99. The van der Waals surface area contributed by atoms with Crippen molar-refractivity contribution >= 4 is 38.9 Å². The fourth-order valence-electron chi connectivity index (χ4n) is 1.42. The lowest BCUT2D eigenvalue weighted by atomic mass is 10.2. The van der Waals surface area contributed by atoms with Crippen LogP contribution in [-0.2, 0) is 5.75 Å². The van der Waals surface area contributed by atoms with E-state index in [1.54, 1.807) is 0 Å². The van der Waals surface area contributed by atoms with Gasteiger partial charge in [-0.25, -0.2) is 0 Å². The Morgan fingerprint density at radius 1 is 1.33 bits per heavy atom. The monoisotopic (exact) mass is 237 g/mol. The maximum absolute atomic E-state index is 5.76. The van der Waals surface area contributed by atoms with Crippen molar-refractivity contribution in [1.29, 1.82) is 0 Å². The average molecular weight is 237 g/mol. The Labute approximate surface area is 98.7 Å². The second-order valence-corrected chi connectivity index (χ2v) is 6.60. The molecule has 2 aromatic rings. The lowest BCUT2D eigenvalue weighted by Gasteiger charge is -2.00. The number of hydrogen-bond donors (Lipinski definition) is 1. The Balaban J connectivity index is 2.23.